The first-order chi connectivity index (χ1) is 12.7. The quantitative estimate of drug-likeness (QED) is 0.423. The van der Waals surface area contributed by atoms with Crippen LogP contribution in [0.15, 0.2) is 94.5 Å². The molecule has 2 N–H and O–H groups in total. The Morgan fingerprint density at radius 3 is 2.04 bits per heavy atom. The normalized spacial score (nSPS) is 12.6. The summed E-state index contributed by atoms with van der Waals surface area (Å²) in [6, 6.07) is 27.8. The van der Waals surface area contributed by atoms with Crippen LogP contribution in [-0.4, -0.2) is 16.9 Å². The Kier molecular flexibility index (Phi) is 6.58. The maximum atomic E-state index is 10.8. The van der Waals surface area contributed by atoms with Crippen molar-refractivity contribution < 1.29 is 5.11 Å². The van der Waals surface area contributed by atoms with Gasteiger partial charge < -0.3 is 5.11 Å². The molecule has 4 heteroatoms. The molecule has 132 valence electrons. The minimum absolute atomic E-state index is 0.536. The molecule has 0 aliphatic carbocycles. The van der Waals surface area contributed by atoms with Crippen LogP contribution in [0.3, 0.4) is 0 Å². The van der Waals surface area contributed by atoms with Gasteiger partial charge in [0.2, 0.25) is 0 Å². The fraction of sp³-hybridized carbons (Fsp3) is 0.136. The zero-order valence-corrected chi connectivity index (χ0v) is 15.9. The maximum Gasteiger partial charge on any atom is 0.0982 e. The van der Waals surface area contributed by atoms with Gasteiger partial charge in [0.1, 0.15) is 0 Å². The van der Waals surface area contributed by atoms with Crippen molar-refractivity contribution in [2.24, 2.45) is 5.10 Å². The Morgan fingerprint density at radius 1 is 0.846 bits per heavy atom. The van der Waals surface area contributed by atoms with Crippen LogP contribution in [0.2, 0.25) is 0 Å². The Bertz CT molecular complexity index is 833. The zero-order chi connectivity index (χ0) is 18.2. The molecule has 3 aromatic rings. The fourth-order valence-electron chi connectivity index (χ4n) is 2.65. The van der Waals surface area contributed by atoms with Gasteiger partial charge in [-0.15, -0.1) is 0 Å². The van der Waals surface area contributed by atoms with Crippen LogP contribution in [-0.2, 0) is 12.8 Å². The molecular weight excluding hydrogens is 388 g/mol. The molecule has 0 bridgehead atoms. The number of halogens is 1. The lowest BCUT2D eigenvalue weighted by Crippen LogP contribution is -2.26. The van der Waals surface area contributed by atoms with E-state index in [4.69, 9.17) is 0 Å². The average molecular weight is 409 g/mol. The van der Waals surface area contributed by atoms with Crippen LogP contribution in [0.5, 0.6) is 0 Å². The summed E-state index contributed by atoms with van der Waals surface area (Å²) in [4.78, 5) is 0. The van der Waals surface area contributed by atoms with E-state index in [1.54, 1.807) is 0 Å². The van der Waals surface area contributed by atoms with Gasteiger partial charge in [0, 0.05) is 17.3 Å². The summed E-state index contributed by atoms with van der Waals surface area (Å²) in [7, 11) is 0. The van der Waals surface area contributed by atoms with Gasteiger partial charge >= 0.3 is 0 Å². The third-order valence-electron chi connectivity index (χ3n) is 4.06. The summed E-state index contributed by atoms with van der Waals surface area (Å²) in [6.07, 6.45) is 0.480. The molecule has 0 radical (unpaired) electrons. The third kappa shape index (κ3) is 5.55. The summed E-state index contributed by atoms with van der Waals surface area (Å²) in [5.74, 6) is 0. The predicted molar refractivity (Wildman–Crippen MR) is 111 cm³/mol. The predicted octanol–water partition coefficient (Wildman–Crippen LogP) is 5.06. The molecule has 0 amide bonds. The SMILES string of the molecule is O[C@H](Cc1ccccc1)/C(Cc1ccccc1)=N\Nc1ccc(Br)cc1. The molecule has 3 rings (SSSR count). The van der Waals surface area contributed by atoms with E-state index in [-0.39, 0.29) is 0 Å². The highest BCUT2D eigenvalue weighted by atomic mass is 79.9. The second-order valence-corrected chi connectivity index (χ2v) is 7.01. The molecule has 0 unspecified atom stereocenters. The largest absolute Gasteiger partial charge is 0.387 e. The van der Waals surface area contributed by atoms with E-state index in [9.17, 15) is 5.11 Å². The number of hydrogen-bond acceptors (Lipinski definition) is 3. The number of anilines is 1. The number of aliphatic hydroxyl groups excluding tert-OH is 1. The van der Waals surface area contributed by atoms with Crippen molar-refractivity contribution in [1.82, 2.24) is 0 Å². The Balaban J connectivity index is 1.78. The van der Waals surface area contributed by atoms with Gasteiger partial charge in [0.15, 0.2) is 0 Å². The Morgan fingerprint density at radius 2 is 1.42 bits per heavy atom. The van der Waals surface area contributed by atoms with E-state index in [0.717, 1.165) is 21.3 Å². The number of hydrogen-bond donors (Lipinski definition) is 2. The van der Waals surface area contributed by atoms with Crippen LogP contribution in [0, 0.1) is 0 Å². The van der Waals surface area contributed by atoms with Crippen molar-refractivity contribution in [3.8, 4) is 0 Å². The molecule has 0 spiro atoms. The molecule has 26 heavy (non-hydrogen) atoms. The molecule has 0 aliphatic heterocycles. The summed E-state index contributed by atoms with van der Waals surface area (Å²) < 4.78 is 1.01. The highest BCUT2D eigenvalue weighted by Gasteiger charge is 2.14. The van der Waals surface area contributed by atoms with Crippen LogP contribution < -0.4 is 5.43 Å². The van der Waals surface area contributed by atoms with Gasteiger partial charge in [0.05, 0.1) is 17.5 Å². The minimum Gasteiger partial charge on any atom is -0.387 e. The number of benzene rings is 3. The first kappa shape index (κ1) is 18.4. The van der Waals surface area contributed by atoms with Crippen LogP contribution in [0.4, 0.5) is 5.69 Å². The number of nitrogens with zero attached hydrogens (tertiary/aromatic N) is 1. The smallest absolute Gasteiger partial charge is 0.0982 e. The first-order valence-electron chi connectivity index (χ1n) is 8.54. The molecule has 3 nitrogen and oxygen atoms in total. The summed E-state index contributed by atoms with van der Waals surface area (Å²) in [5, 5.41) is 15.3. The van der Waals surface area contributed by atoms with E-state index in [1.807, 2.05) is 84.9 Å². The Labute approximate surface area is 162 Å². The number of aliphatic hydroxyl groups is 1. The van der Waals surface area contributed by atoms with Gasteiger partial charge in [-0.25, -0.2) is 0 Å². The van der Waals surface area contributed by atoms with Crippen molar-refractivity contribution in [2.75, 3.05) is 5.43 Å². The summed E-state index contributed by atoms with van der Waals surface area (Å²) in [6.45, 7) is 0. The number of nitrogens with one attached hydrogen (secondary N) is 1. The Hall–Kier alpha value is -2.43. The van der Waals surface area contributed by atoms with E-state index in [2.05, 4.69) is 26.5 Å². The van der Waals surface area contributed by atoms with Crippen molar-refractivity contribution in [2.45, 2.75) is 18.9 Å². The van der Waals surface area contributed by atoms with Crippen LogP contribution >= 0.6 is 15.9 Å². The molecule has 0 saturated carbocycles. The maximum absolute atomic E-state index is 10.8. The molecule has 0 aliphatic rings. The van der Waals surface area contributed by atoms with Crippen molar-refractivity contribution in [1.29, 1.82) is 0 Å². The highest BCUT2D eigenvalue weighted by Crippen LogP contribution is 2.15. The fourth-order valence-corrected chi connectivity index (χ4v) is 2.92. The molecule has 0 aromatic heterocycles. The molecule has 0 heterocycles. The molecule has 1 atom stereocenters. The number of hydrazone groups is 1. The molecule has 0 saturated heterocycles. The number of rotatable bonds is 7. The monoisotopic (exact) mass is 408 g/mol. The lowest BCUT2D eigenvalue weighted by molar-refractivity contribution is 0.240. The molecule has 0 fully saturated rings. The first-order valence-corrected chi connectivity index (χ1v) is 9.34. The lowest BCUT2D eigenvalue weighted by Gasteiger charge is -2.15. The van der Waals surface area contributed by atoms with Gasteiger partial charge in [-0.3, -0.25) is 5.43 Å². The average Bonchev–Trinajstić information content (AvgIpc) is 2.68. The minimum atomic E-state index is -0.652. The van der Waals surface area contributed by atoms with E-state index < -0.39 is 6.10 Å². The van der Waals surface area contributed by atoms with E-state index >= 15 is 0 Å². The van der Waals surface area contributed by atoms with Gasteiger partial charge in [-0.2, -0.15) is 5.10 Å². The standard InChI is InChI=1S/C22H21BrN2O/c23-19-11-13-20(14-12-19)24-25-21(15-17-7-3-1-4-8-17)22(26)16-18-9-5-2-6-10-18/h1-14,22,24,26H,15-16H2/b25-21-/t22-/m1/s1. The second-order valence-electron chi connectivity index (χ2n) is 6.09. The van der Waals surface area contributed by atoms with Gasteiger partial charge in [-0.1, -0.05) is 76.6 Å². The lowest BCUT2D eigenvalue weighted by atomic mass is 9.99. The second kappa shape index (κ2) is 9.32. The van der Waals surface area contributed by atoms with Crippen LogP contribution in [0.1, 0.15) is 11.1 Å². The van der Waals surface area contributed by atoms with E-state index in [0.29, 0.717) is 18.6 Å². The van der Waals surface area contributed by atoms with Crippen molar-refractivity contribution >= 4 is 27.3 Å². The van der Waals surface area contributed by atoms with Crippen molar-refractivity contribution in [3.63, 3.8) is 0 Å². The summed E-state index contributed by atoms with van der Waals surface area (Å²) >= 11 is 3.43. The van der Waals surface area contributed by atoms with Gasteiger partial charge in [0.25, 0.3) is 0 Å². The van der Waals surface area contributed by atoms with Crippen molar-refractivity contribution in [3.05, 3.63) is 101 Å². The van der Waals surface area contributed by atoms with Crippen LogP contribution in [0.25, 0.3) is 0 Å². The zero-order valence-electron chi connectivity index (χ0n) is 14.3. The van der Waals surface area contributed by atoms with E-state index in [1.165, 1.54) is 0 Å². The topological polar surface area (TPSA) is 44.6 Å². The highest BCUT2D eigenvalue weighted by molar-refractivity contribution is 9.10. The molecular formula is C22H21BrN2O. The van der Waals surface area contributed by atoms with Gasteiger partial charge in [-0.05, 0) is 35.4 Å². The summed E-state index contributed by atoms with van der Waals surface area (Å²) in [5.41, 5.74) is 6.87. The third-order valence-corrected chi connectivity index (χ3v) is 4.59. The molecule has 3 aromatic carbocycles.